The second kappa shape index (κ2) is 6.90. The maximum absolute atomic E-state index is 13.4. The van der Waals surface area contributed by atoms with Crippen LogP contribution in [0.1, 0.15) is 35.6 Å². The summed E-state index contributed by atoms with van der Waals surface area (Å²) in [5.74, 6) is -0.0754. The number of hydrogen-bond acceptors (Lipinski definition) is 3. The Hall–Kier alpha value is -3.28. The molecule has 1 aliphatic carbocycles. The second-order valence-electron chi connectivity index (χ2n) is 7.63. The molecule has 3 aromatic carbocycles. The number of ether oxygens (including phenoxy) is 1. The Morgan fingerprint density at radius 2 is 1.67 bits per heavy atom. The number of hydrogen-bond donors (Lipinski definition) is 1. The van der Waals surface area contributed by atoms with Crippen molar-refractivity contribution < 1.29 is 22.7 Å². The van der Waals surface area contributed by atoms with Crippen molar-refractivity contribution >= 4 is 22.1 Å². The molecule has 30 heavy (non-hydrogen) atoms. The highest BCUT2D eigenvalue weighted by Crippen LogP contribution is 2.41. The molecule has 0 amide bonds. The molecule has 2 aliphatic rings. The highest BCUT2D eigenvalue weighted by molar-refractivity contribution is 6.25. The fourth-order valence-corrected chi connectivity index (χ4v) is 3.80. The molecule has 6 heteroatoms. The third-order valence-electron chi connectivity index (χ3n) is 5.44. The van der Waals surface area contributed by atoms with Crippen LogP contribution in [-0.2, 0) is 15.7 Å². The van der Waals surface area contributed by atoms with Gasteiger partial charge in [0.2, 0.25) is 5.78 Å². The van der Waals surface area contributed by atoms with Crippen molar-refractivity contribution in [2.24, 2.45) is 0 Å². The van der Waals surface area contributed by atoms with Crippen molar-refractivity contribution in [1.82, 2.24) is 5.32 Å². The van der Waals surface area contributed by atoms with E-state index in [9.17, 15) is 18.0 Å². The van der Waals surface area contributed by atoms with Crippen molar-refractivity contribution in [3.63, 3.8) is 0 Å². The van der Waals surface area contributed by atoms with E-state index in [-0.39, 0.29) is 28.8 Å². The van der Waals surface area contributed by atoms with E-state index in [1.807, 2.05) is 42.5 Å². The summed E-state index contributed by atoms with van der Waals surface area (Å²) < 4.78 is 45.8. The quantitative estimate of drug-likeness (QED) is 0.608. The lowest BCUT2D eigenvalue weighted by atomic mass is 9.93. The fourth-order valence-electron chi connectivity index (χ4n) is 3.80. The van der Waals surface area contributed by atoms with Gasteiger partial charge in [-0.05, 0) is 41.3 Å². The molecule has 152 valence electrons. The average Bonchev–Trinajstić information content (AvgIpc) is 3.49. The van der Waals surface area contributed by atoms with E-state index in [0.717, 1.165) is 35.7 Å². The summed E-state index contributed by atoms with van der Waals surface area (Å²) in [6, 6.07) is 18.3. The van der Waals surface area contributed by atoms with Gasteiger partial charge in [0.1, 0.15) is 0 Å². The van der Waals surface area contributed by atoms with Crippen molar-refractivity contribution in [3.05, 3.63) is 89.3 Å². The van der Waals surface area contributed by atoms with Crippen LogP contribution in [0.25, 0.3) is 16.3 Å². The predicted molar refractivity (Wildman–Crippen MR) is 107 cm³/mol. The third-order valence-corrected chi connectivity index (χ3v) is 5.44. The van der Waals surface area contributed by atoms with E-state index in [4.69, 9.17) is 4.74 Å². The molecule has 0 saturated heterocycles. The minimum Gasteiger partial charge on any atom is -0.462 e. The molecule has 3 aromatic rings. The van der Waals surface area contributed by atoms with Crippen LogP contribution < -0.4 is 5.32 Å². The number of Topliss-reactive ketones (excluding diaryl/α,β-unsaturated/α-hetero) is 1. The molecule has 0 spiro atoms. The standard InChI is InChI=1S/C24H18F3NO2/c25-24(26,27)16-8-3-7-15(13-16)20-21(29)22(30-23(20)28-17-11-12-17)19-10-4-6-14-5-1-2-9-18(14)19/h1-10,13,17,22,28H,11-12H2. The lowest BCUT2D eigenvalue weighted by molar-refractivity contribution is -0.137. The van der Waals surface area contributed by atoms with Crippen molar-refractivity contribution in [2.45, 2.75) is 31.2 Å². The van der Waals surface area contributed by atoms with Crippen LogP contribution in [0.3, 0.4) is 0 Å². The number of benzene rings is 3. The second-order valence-corrected chi connectivity index (χ2v) is 7.63. The third kappa shape index (κ3) is 3.32. The van der Waals surface area contributed by atoms with Crippen molar-refractivity contribution in [3.8, 4) is 0 Å². The van der Waals surface area contributed by atoms with Gasteiger partial charge in [-0.2, -0.15) is 13.2 Å². The van der Waals surface area contributed by atoms with Gasteiger partial charge < -0.3 is 10.1 Å². The molecule has 5 rings (SSSR count). The Labute approximate surface area is 171 Å². The fraction of sp³-hybridized carbons (Fsp3) is 0.208. The van der Waals surface area contributed by atoms with Crippen LogP contribution in [0.5, 0.6) is 0 Å². The van der Waals surface area contributed by atoms with Gasteiger partial charge in [-0.25, -0.2) is 0 Å². The van der Waals surface area contributed by atoms with Gasteiger partial charge in [0.25, 0.3) is 0 Å². The molecule has 0 bridgehead atoms. The highest BCUT2D eigenvalue weighted by atomic mass is 19.4. The van der Waals surface area contributed by atoms with Crippen LogP contribution in [-0.4, -0.2) is 11.8 Å². The number of ketones is 1. The van der Waals surface area contributed by atoms with Gasteiger partial charge >= 0.3 is 6.18 Å². The van der Waals surface area contributed by atoms with Crippen molar-refractivity contribution in [2.75, 3.05) is 0 Å². The maximum atomic E-state index is 13.4. The van der Waals surface area contributed by atoms with Crippen LogP contribution in [0.2, 0.25) is 0 Å². The first kappa shape index (κ1) is 18.7. The maximum Gasteiger partial charge on any atom is 0.416 e. The van der Waals surface area contributed by atoms with E-state index >= 15 is 0 Å². The van der Waals surface area contributed by atoms with E-state index in [1.54, 1.807) is 0 Å². The zero-order valence-electron chi connectivity index (χ0n) is 15.9. The first-order valence-electron chi connectivity index (χ1n) is 9.79. The Balaban J connectivity index is 1.59. The Morgan fingerprint density at radius 1 is 0.933 bits per heavy atom. The monoisotopic (exact) mass is 409 g/mol. The molecular weight excluding hydrogens is 391 g/mol. The molecule has 1 fully saturated rings. The highest BCUT2D eigenvalue weighted by Gasteiger charge is 2.40. The molecular formula is C24H18F3NO2. The smallest absolute Gasteiger partial charge is 0.416 e. The summed E-state index contributed by atoms with van der Waals surface area (Å²) in [4.78, 5) is 13.4. The topological polar surface area (TPSA) is 38.3 Å². The van der Waals surface area contributed by atoms with E-state index < -0.39 is 17.8 Å². The van der Waals surface area contributed by atoms with E-state index in [1.165, 1.54) is 12.1 Å². The summed E-state index contributed by atoms with van der Waals surface area (Å²) in [7, 11) is 0. The van der Waals surface area contributed by atoms with Gasteiger partial charge in [0, 0.05) is 11.6 Å². The predicted octanol–water partition coefficient (Wildman–Crippen LogP) is 5.62. The molecule has 1 aliphatic heterocycles. The number of nitrogens with one attached hydrogen (secondary N) is 1. The molecule has 0 aromatic heterocycles. The summed E-state index contributed by atoms with van der Waals surface area (Å²) in [6.45, 7) is 0. The zero-order chi connectivity index (χ0) is 20.9. The van der Waals surface area contributed by atoms with Crippen LogP contribution >= 0.6 is 0 Å². The number of rotatable bonds is 4. The minimum atomic E-state index is -4.49. The van der Waals surface area contributed by atoms with Gasteiger partial charge in [0.15, 0.2) is 12.0 Å². The van der Waals surface area contributed by atoms with Gasteiger partial charge in [-0.1, -0.05) is 54.6 Å². The van der Waals surface area contributed by atoms with E-state index in [0.29, 0.717) is 5.56 Å². The average molecular weight is 409 g/mol. The van der Waals surface area contributed by atoms with Gasteiger partial charge in [-0.3, -0.25) is 4.79 Å². The Bertz CT molecular complexity index is 1170. The lowest BCUT2D eigenvalue weighted by Crippen LogP contribution is -2.17. The van der Waals surface area contributed by atoms with Crippen molar-refractivity contribution in [1.29, 1.82) is 0 Å². The SMILES string of the molecule is O=C1C(c2cccc(C(F)(F)F)c2)=C(NC2CC2)OC1c1cccc2ccccc12. The summed E-state index contributed by atoms with van der Waals surface area (Å²) >= 11 is 0. The number of halogens is 3. The summed E-state index contributed by atoms with van der Waals surface area (Å²) in [6.07, 6.45) is -3.51. The lowest BCUT2D eigenvalue weighted by Gasteiger charge is -2.15. The summed E-state index contributed by atoms with van der Waals surface area (Å²) in [5.41, 5.74) is 0.293. The molecule has 1 heterocycles. The van der Waals surface area contributed by atoms with E-state index in [2.05, 4.69) is 5.32 Å². The molecule has 1 unspecified atom stereocenters. The minimum absolute atomic E-state index is 0.172. The Kier molecular flexibility index (Phi) is 4.31. The van der Waals surface area contributed by atoms with Gasteiger partial charge in [0.05, 0.1) is 11.1 Å². The van der Waals surface area contributed by atoms with Crippen LogP contribution in [0, 0.1) is 0 Å². The van der Waals surface area contributed by atoms with Crippen LogP contribution in [0.15, 0.2) is 72.6 Å². The molecule has 1 atom stereocenters. The number of carbonyl (C=O) groups excluding carboxylic acids is 1. The molecule has 0 radical (unpaired) electrons. The first-order chi connectivity index (χ1) is 14.4. The number of fused-ring (bicyclic) bond motifs is 1. The molecule has 3 nitrogen and oxygen atoms in total. The largest absolute Gasteiger partial charge is 0.462 e. The molecule has 1 N–H and O–H groups in total. The zero-order valence-corrected chi connectivity index (χ0v) is 15.9. The number of carbonyl (C=O) groups is 1. The Morgan fingerprint density at radius 3 is 2.43 bits per heavy atom. The normalized spacial score (nSPS) is 19.3. The summed E-state index contributed by atoms with van der Waals surface area (Å²) in [5, 5.41) is 5.05. The van der Waals surface area contributed by atoms with Gasteiger partial charge in [-0.15, -0.1) is 0 Å². The molecule has 1 saturated carbocycles. The first-order valence-corrected chi connectivity index (χ1v) is 9.79. The number of alkyl halides is 3. The van der Waals surface area contributed by atoms with Crippen LogP contribution in [0.4, 0.5) is 13.2 Å².